The first-order valence-electron chi connectivity index (χ1n) is 11.0. The minimum absolute atomic E-state index is 0.291. The fourth-order valence-electron chi connectivity index (χ4n) is 3.32. The van der Waals surface area contributed by atoms with E-state index in [9.17, 15) is 0 Å². The molecular weight excluding hydrogens is 344 g/mol. The van der Waals surface area contributed by atoms with Gasteiger partial charge >= 0.3 is 0 Å². The van der Waals surface area contributed by atoms with E-state index in [2.05, 4.69) is 34.6 Å². The topological polar surface area (TPSA) is 46.2 Å². The van der Waals surface area contributed by atoms with E-state index in [0.717, 1.165) is 52.1 Å². The summed E-state index contributed by atoms with van der Waals surface area (Å²) in [4.78, 5) is 0. The molecule has 5 heteroatoms. The molecule has 0 spiro atoms. The van der Waals surface area contributed by atoms with Crippen molar-refractivity contribution < 1.29 is 23.7 Å². The van der Waals surface area contributed by atoms with E-state index in [1.54, 1.807) is 0 Å². The minimum Gasteiger partial charge on any atom is -0.378 e. The highest BCUT2D eigenvalue weighted by molar-refractivity contribution is 4.77. The van der Waals surface area contributed by atoms with Crippen molar-refractivity contribution in [3.05, 3.63) is 0 Å². The summed E-state index contributed by atoms with van der Waals surface area (Å²) in [6, 6.07) is 0. The summed E-state index contributed by atoms with van der Waals surface area (Å²) in [5.74, 6) is -0.291. The molecule has 3 aliphatic heterocycles. The molecule has 162 valence electrons. The number of ether oxygens (including phenoxy) is 5. The first-order valence-corrected chi connectivity index (χ1v) is 11.0. The van der Waals surface area contributed by atoms with Crippen LogP contribution in [0.3, 0.4) is 0 Å². The van der Waals surface area contributed by atoms with Crippen LogP contribution in [0.5, 0.6) is 0 Å². The largest absolute Gasteiger partial charge is 0.378 e. The number of rotatable bonds is 5. The van der Waals surface area contributed by atoms with Crippen LogP contribution in [0.25, 0.3) is 0 Å². The van der Waals surface area contributed by atoms with Gasteiger partial charge in [0.15, 0.2) is 5.79 Å². The average molecular weight is 389 g/mol. The molecule has 0 N–H and O–H groups in total. The molecule has 3 atom stereocenters. The summed E-state index contributed by atoms with van der Waals surface area (Å²) < 4.78 is 26.9. The van der Waals surface area contributed by atoms with Gasteiger partial charge in [0.2, 0.25) is 0 Å². The molecule has 0 aliphatic carbocycles. The van der Waals surface area contributed by atoms with Crippen molar-refractivity contribution in [2.24, 2.45) is 5.41 Å². The van der Waals surface area contributed by atoms with Gasteiger partial charge in [-0.25, -0.2) is 0 Å². The van der Waals surface area contributed by atoms with Crippen molar-refractivity contribution in [3.63, 3.8) is 0 Å². The van der Waals surface area contributed by atoms with Crippen LogP contribution in [0.1, 0.15) is 86.5 Å². The maximum Gasteiger partial charge on any atom is 0.165 e. The summed E-state index contributed by atoms with van der Waals surface area (Å²) in [5.41, 5.74) is 0.318. The Morgan fingerprint density at radius 2 is 1.48 bits per heavy atom. The molecule has 0 aromatic rings. The van der Waals surface area contributed by atoms with Crippen molar-refractivity contribution in [3.8, 4) is 0 Å². The first-order chi connectivity index (χ1) is 13.0. The Labute approximate surface area is 167 Å². The van der Waals surface area contributed by atoms with Crippen molar-refractivity contribution in [2.75, 3.05) is 33.2 Å². The molecule has 0 radical (unpaired) electrons. The van der Waals surface area contributed by atoms with Crippen molar-refractivity contribution in [1.29, 1.82) is 0 Å². The fraction of sp³-hybridized carbons (Fsp3) is 1.00. The van der Waals surface area contributed by atoms with Gasteiger partial charge < -0.3 is 23.7 Å². The van der Waals surface area contributed by atoms with Crippen LogP contribution in [-0.4, -0.2) is 51.2 Å². The monoisotopic (exact) mass is 388 g/mol. The van der Waals surface area contributed by atoms with Crippen LogP contribution in [0.2, 0.25) is 0 Å². The number of hydrogen-bond donors (Lipinski definition) is 0. The van der Waals surface area contributed by atoms with Gasteiger partial charge in [0.05, 0.1) is 32.0 Å². The number of hydrogen-bond acceptors (Lipinski definition) is 5. The molecule has 0 amide bonds. The third-order valence-corrected chi connectivity index (χ3v) is 6.05. The molecule has 0 bridgehead atoms. The zero-order valence-electron chi connectivity index (χ0n) is 18.7. The lowest BCUT2D eigenvalue weighted by Gasteiger charge is -2.34. The van der Waals surface area contributed by atoms with Crippen LogP contribution < -0.4 is 0 Å². The molecule has 3 heterocycles. The lowest BCUT2D eigenvalue weighted by molar-refractivity contribution is -0.166. The lowest BCUT2D eigenvalue weighted by atomic mass is 9.84. The van der Waals surface area contributed by atoms with Gasteiger partial charge in [-0.05, 0) is 51.9 Å². The molecule has 0 saturated carbocycles. The zero-order chi connectivity index (χ0) is 20.2. The molecule has 27 heavy (non-hydrogen) atoms. The minimum atomic E-state index is -0.291. The van der Waals surface area contributed by atoms with E-state index < -0.39 is 0 Å². The molecule has 3 unspecified atom stereocenters. The second-order valence-electron chi connectivity index (χ2n) is 8.01. The normalized spacial score (nSPS) is 32.2. The summed E-state index contributed by atoms with van der Waals surface area (Å²) >= 11 is 0. The van der Waals surface area contributed by atoms with Gasteiger partial charge in [-0.3, -0.25) is 0 Å². The van der Waals surface area contributed by atoms with Crippen LogP contribution in [0, 0.1) is 5.41 Å². The van der Waals surface area contributed by atoms with E-state index in [1.165, 1.54) is 19.3 Å². The molecule has 3 aliphatic rings. The van der Waals surface area contributed by atoms with Gasteiger partial charge in [0.1, 0.15) is 6.79 Å². The van der Waals surface area contributed by atoms with E-state index in [-0.39, 0.29) is 5.79 Å². The Morgan fingerprint density at radius 3 is 1.78 bits per heavy atom. The van der Waals surface area contributed by atoms with Gasteiger partial charge in [-0.1, -0.05) is 34.6 Å². The molecule has 0 aromatic heterocycles. The summed E-state index contributed by atoms with van der Waals surface area (Å²) in [7, 11) is 0. The zero-order valence-corrected chi connectivity index (χ0v) is 18.7. The second-order valence-corrected chi connectivity index (χ2v) is 8.01. The second kappa shape index (κ2) is 13.1. The molecule has 5 nitrogen and oxygen atoms in total. The maximum atomic E-state index is 5.62. The van der Waals surface area contributed by atoms with E-state index in [1.807, 2.05) is 6.92 Å². The highest BCUT2D eigenvalue weighted by Crippen LogP contribution is 2.29. The maximum absolute atomic E-state index is 5.62. The quantitative estimate of drug-likeness (QED) is 0.638. The first kappa shape index (κ1) is 24.8. The van der Waals surface area contributed by atoms with Gasteiger partial charge in [-0.2, -0.15) is 0 Å². The summed E-state index contributed by atoms with van der Waals surface area (Å²) in [6.07, 6.45) is 8.98. The van der Waals surface area contributed by atoms with Gasteiger partial charge in [-0.15, -0.1) is 0 Å². The van der Waals surface area contributed by atoms with E-state index in [4.69, 9.17) is 23.7 Å². The molecule has 0 aromatic carbocycles. The highest BCUT2D eigenvalue weighted by Gasteiger charge is 2.34. The highest BCUT2D eigenvalue weighted by atomic mass is 16.7. The van der Waals surface area contributed by atoms with E-state index in [0.29, 0.717) is 24.4 Å². The Bertz CT molecular complexity index is 358. The predicted octanol–water partition coefficient (Wildman–Crippen LogP) is 5.31. The van der Waals surface area contributed by atoms with Gasteiger partial charge in [0, 0.05) is 12.0 Å². The van der Waals surface area contributed by atoms with Crippen LogP contribution in [0.4, 0.5) is 0 Å². The van der Waals surface area contributed by atoms with Crippen molar-refractivity contribution in [2.45, 2.75) is 104 Å². The summed E-state index contributed by atoms with van der Waals surface area (Å²) in [5, 5.41) is 0. The SMILES string of the molecule is CCC1(CC)COCOC1.CCC1CCCO1.CCC1COC(C)(CC)O1. The Hall–Kier alpha value is -0.200. The lowest BCUT2D eigenvalue weighted by Crippen LogP contribution is -2.36. The predicted molar refractivity (Wildman–Crippen MR) is 109 cm³/mol. The van der Waals surface area contributed by atoms with Crippen LogP contribution in [-0.2, 0) is 23.7 Å². The third-order valence-electron chi connectivity index (χ3n) is 6.05. The molecular formula is C22H44O5. The standard InChI is InChI=1S/2C8H16O2.C6H12O/c1-4-7-6-9-8(3,5-2)10-7;1-3-8(4-2)5-9-7-10-6-8;1-2-6-4-3-5-7-6/h7H,4-6H2,1-3H3;3-7H2,1-2H3;6H,2-5H2,1H3. The van der Waals surface area contributed by atoms with E-state index >= 15 is 0 Å². The van der Waals surface area contributed by atoms with Crippen molar-refractivity contribution >= 4 is 0 Å². The Morgan fingerprint density at radius 1 is 0.852 bits per heavy atom. The van der Waals surface area contributed by atoms with Crippen LogP contribution >= 0.6 is 0 Å². The van der Waals surface area contributed by atoms with Crippen LogP contribution in [0.15, 0.2) is 0 Å². The smallest absolute Gasteiger partial charge is 0.165 e. The average Bonchev–Trinajstić information content (AvgIpc) is 3.39. The molecule has 3 fully saturated rings. The Balaban J connectivity index is 0.000000206. The summed E-state index contributed by atoms with van der Waals surface area (Å²) in [6.45, 7) is 16.8. The Kier molecular flexibility index (Phi) is 12.1. The molecule has 3 rings (SSSR count). The van der Waals surface area contributed by atoms with Crippen molar-refractivity contribution in [1.82, 2.24) is 0 Å². The van der Waals surface area contributed by atoms with Gasteiger partial charge in [0.25, 0.3) is 0 Å². The third kappa shape index (κ3) is 8.78. The fourth-order valence-corrected chi connectivity index (χ4v) is 3.32. The molecule has 3 saturated heterocycles.